The number of nitrogens with one attached hydrogen (secondary N) is 2. The van der Waals surface area contributed by atoms with Gasteiger partial charge in [-0.2, -0.15) is 15.0 Å². The number of halogens is 1. The molecule has 4 N–H and O–H groups in total. The fraction of sp³-hybridized carbons (Fsp3) is 0.182. The Morgan fingerprint density at radius 2 is 2.05 bits per heavy atom. The van der Waals surface area contributed by atoms with Gasteiger partial charge < -0.3 is 10.1 Å². The van der Waals surface area contributed by atoms with Gasteiger partial charge in [0.25, 0.3) is 0 Å². The monoisotopic (exact) mass is 280 g/mol. The minimum atomic E-state index is 0.177. The lowest BCUT2D eigenvalue weighted by Gasteiger charge is -2.08. The second-order valence-electron chi connectivity index (χ2n) is 3.60. The van der Waals surface area contributed by atoms with Gasteiger partial charge in [0, 0.05) is 11.6 Å². The highest BCUT2D eigenvalue weighted by Crippen LogP contribution is 2.13. The Morgan fingerprint density at radius 3 is 2.74 bits per heavy atom. The number of ether oxygens (including phenoxy) is 1. The van der Waals surface area contributed by atoms with Crippen LogP contribution in [0.15, 0.2) is 24.3 Å². The van der Waals surface area contributed by atoms with Crippen LogP contribution in [0.3, 0.4) is 0 Å². The Bertz CT molecular complexity index is 542. The second-order valence-corrected chi connectivity index (χ2v) is 4.03. The molecule has 0 radical (unpaired) electrons. The molecule has 19 heavy (non-hydrogen) atoms. The van der Waals surface area contributed by atoms with E-state index in [-0.39, 0.29) is 12.0 Å². The number of benzene rings is 1. The quantitative estimate of drug-likeness (QED) is 0.563. The molecular weight excluding hydrogens is 268 g/mol. The predicted octanol–water partition coefficient (Wildman–Crippen LogP) is 1.43. The molecule has 2 rings (SSSR count). The van der Waals surface area contributed by atoms with Crippen LogP contribution in [0.5, 0.6) is 6.01 Å². The minimum absolute atomic E-state index is 0.177. The van der Waals surface area contributed by atoms with Crippen LogP contribution in [0, 0.1) is 0 Å². The molecule has 0 amide bonds. The van der Waals surface area contributed by atoms with Crippen molar-refractivity contribution < 1.29 is 4.74 Å². The van der Waals surface area contributed by atoms with Crippen molar-refractivity contribution in [2.45, 2.75) is 6.54 Å². The molecule has 0 saturated heterocycles. The molecule has 0 aliphatic heterocycles. The molecule has 0 fully saturated rings. The normalized spacial score (nSPS) is 10.1. The zero-order valence-corrected chi connectivity index (χ0v) is 11.0. The maximum Gasteiger partial charge on any atom is 0.322 e. The fourth-order valence-electron chi connectivity index (χ4n) is 1.42. The van der Waals surface area contributed by atoms with Gasteiger partial charge in [-0.25, -0.2) is 5.84 Å². The smallest absolute Gasteiger partial charge is 0.322 e. The fourth-order valence-corrected chi connectivity index (χ4v) is 1.63. The largest absolute Gasteiger partial charge is 0.467 e. The summed E-state index contributed by atoms with van der Waals surface area (Å²) in [5.74, 6) is 5.85. The number of hydrazine groups is 1. The first kappa shape index (κ1) is 13.3. The summed E-state index contributed by atoms with van der Waals surface area (Å²) in [4.78, 5) is 12.0. The molecule has 1 aromatic heterocycles. The molecule has 1 aromatic carbocycles. The van der Waals surface area contributed by atoms with E-state index in [4.69, 9.17) is 22.2 Å². The number of nitrogen functional groups attached to an aromatic ring is 1. The van der Waals surface area contributed by atoms with Gasteiger partial charge in [0.1, 0.15) is 0 Å². The highest BCUT2D eigenvalue weighted by Gasteiger charge is 2.05. The van der Waals surface area contributed by atoms with E-state index < -0.39 is 0 Å². The molecule has 100 valence electrons. The maximum absolute atomic E-state index is 5.91. The summed E-state index contributed by atoms with van der Waals surface area (Å²) in [5.41, 5.74) is 3.35. The summed E-state index contributed by atoms with van der Waals surface area (Å²) in [7, 11) is 1.47. The van der Waals surface area contributed by atoms with Crippen LogP contribution in [0.2, 0.25) is 5.02 Å². The van der Waals surface area contributed by atoms with Gasteiger partial charge in [-0.1, -0.05) is 23.7 Å². The number of nitrogens with two attached hydrogens (primary N) is 1. The molecule has 0 spiro atoms. The van der Waals surface area contributed by atoms with Gasteiger partial charge in [0.15, 0.2) is 0 Å². The summed E-state index contributed by atoms with van der Waals surface area (Å²) in [6, 6.07) is 7.67. The van der Waals surface area contributed by atoms with Crippen LogP contribution in [-0.2, 0) is 6.54 Å². The third-order valence-corrected chi connectivity index (χ3v) is 2.50. The van der Waals surface area contributed by atoms with E-state index >= 15 is 0 Å². The lowest BCUT2D eigenvalue weighted by molar-refractivity contribution is 0.379. The van der Waals surface area contributed by atoms with E-state index in [0.29, 0.717) is 17.5 Å². The molecule has 0 bridgehead atoms. The van der Waals surface area contributed by atoms with E-state index in [1.54, 1.807) is 0 Å². The van der Waals surface area contributed by atoms with E-state index in [2.05, 4.69) is 25.7 Å². The molecule has 0 unspecified atom stereocenters. The van der Waals surface area contributed by atoms with Crippen molar-refractivity contribution in [3.63, 3.8) is 0 Å². The first-order chi connectivity index (χ1) is 9.21. The number of rotatable bonds is 5. The highest BCUT2D eigenvalue weighted by atomic mass is 35.5. The lowest BCUT2D eigenvalue weighted by atomic mass is 10.2. The molecule has 8 heteroatoms. The third kappa shape index (κ3) is 3.67. The number of aromatic nitrogens is 3. The number of hydrogen-bond acceptors (Lipinski definition) is 7. The van der Waals surface area contributed by atoms with Crippen LogP contribution >= 0.6 is 11.6 Å². The van der Waals surface area contributed by atoms with Crippen LogP contribution < -0.4 is 21.3 Å². The average molecular weight is 281 g/mol. The highest BCUT2D eigenvalue weighted by molar-refractivity contribution is 6.30. The SMILES string of the molecule is COc1nc(NN)nc(NCc2cccc(Cl)c2)n1. The Balaban J connectivity index is 2.10. The van der Waals surface area contributed by atoms with Gasteiger partial charge in [0.05, 0.1) is 7.11 Å². The molecule has 0 aliphatic carbocycles. The number of methoxy groups -OCH3 is 1. The number of nitrogens with zero attached hydrogens (tertiary/aromatic N) is 3. The molecular formula is C11H13ClN6O. The zero-order valence-electron chi connectivity index (χ0n) is 10.2. The summed E-state index contributed by atoms with van der Waals surface area (Å²) < 4.78 is 4.95. The standard InChI is InChI=1S/C11H13ClN6O/c1-19-11-16-9(15-10(17-11)18-13)14-6-7-3-2-4-8(12)5-7/h2-5H,6,13H2,1H3,(H2,14,15,16,17,18). The van der Waals surface area contributed by atoms with Crippen molar-refractivity contribution in [3.8, 4) is 6.01 Å². The van der Waals surface area contributed by atoms with Crippen LogP contribution in [0.4, 0.5) is 11.9 Å². The van der Waals surface area contributed by atoms with E-state index in [9.17, 15) is 0 Å². The molecule has 2 aromatic rings. The Labute approximate surface area is 115 Å². The van der Waals surface area contributed by atoms with Gasteiger partial charge in [-0.3, -0.25) is 5.43 Å². The lowest BCUT2D eigenvalue weighted by Crippen LogP contribution is -2.14. The van der Waals surface area contributed by atoms with Crippen molar-refractivity contribution >= 4 is 23.5 Å². The van der Waals surface area contributed by atoms with Crippen LogP contribution in [-0.4, -0.2) is 22.1 Å². The van der Waals surface area contributed by atoms with E-state index in [1.165, 1.54) is 7.11 Å². The zero-order chi connectivity index (χ0) is 13.7. The van der Waals surface area contributed by atoms with Gasteiger partial charge in [-0.15, -0.1) is 0 Å². The van der Waals surface area contributed by atoms with Crippen molar-refractivity contribution in [2.24, 2.45) is 5.84 Å². The Hall–Kier alpha value is -2.12. The molecule has 1 heterocycles. The van der Waals surface area contributed by atoms with Crippen LogP contribution in [0.25, 0.3) is 0 Å². The van der Waals surface area contributed by atoms with Gasteiger partial charge in [-0.05, 0) is 17.7 Å². The summed E-state index contributed by atoms with van der Waals surface area (Å²) in [5, 5.41) is 3.72. The first-order valence-corrected chi connectivity index (χ1v) is 5.84. The molecule has 0 aliphatic rings. The van der Waals surface area contributed by atoms with Gasteiger partial charge >= 0.3 is 6.01 Å². The Kier molecular flexibility index (Phi) is 4.32. The first-order valence-electron chi connectivity index (χ1n) is 5.46. The van der Waals surface area contributed by atoms with Crippen LogP contribution in [0.1, 0.15) is 5.56 Å². The van der Waals surface area contributed by atoms with E-state index in [0.717, 1.165) is 5.56 Å². The summed E-state index contributed by atoms with van der Waals surface area (Å²) in [6.07, 6.45) is 0. The van der Waals surface area contributed by atoms with Crippen molar-refractivity contribution in [3.05, 3.63) is 34.9 Å². The summed E-state index contributed by atoms with van der Waals surface area (Å²) in [6.45, 7) is 0.526. The minimum Gasteiger partial charge on any atom is -0.467 e. The summed E-state index contributed by atoms with van der Waals surface area (Å²) >= 11 is 5.91. The predicted molar refractivity (Wildman–Crippen MR) is 73.0 cm³/mol. The average Bonchev–Trinajstić information content (AvgIpc) is 2.44. The molecule has 0 atom stereocenters. The van der Waals surface area contributed by atoms with Crippen molar-refractivity contribution in [2.75, 3.05) is 17.9 Å². The molecule has 7 nitrogen and oxygen atoms in total. The number of hydrogen-bond donors (Lipinski definition) is 3. The topological polar surface area (TPSA) is 98.0 Å². The second kappa shape index (κ2) is 6.17. The third-order valence-electron chi connectivity index (χ3n) is 2.27. The van der Waals surface area contributed by atoms with E-state index in [1.807, 2.05) is 24.3 Å². The van der Waals surface area contributed by atoms with Gasteiger partial charge in [0.2, 0.25) is 11.9 Å². The Morgan fingerprint density at radius 1 is 1.26 bits per heavy atom. The van der Waals surface area contributed by atoms with Crippen molar-refractivity contribution in [1.82, 2.24) is 15.0 Å². The number of anilines is 2. The van der Waals surface area contributed by atoms with Crippen molar-refractivity contribution in [1.29, 1.82) is 0 Å². The molecule has 0 saturated carbocycles. The maximum atomic E-state index is 5.91.